The Morgan fingerprint density at radius 2 is 1.95 bits per heavy atom. The van der Waals surface area contributed by atoms with Crippen molar-refractivity contribution in [3.8, 4) is 0 Å². The second kappa shape index (κ2) is 5.66. The largest absolute Gasteiger partial charge is 0.347 e. The van der Waals surface area contributed by atoms with E-state index in [0.717, 1.165) is 5.39 Å². The van der Waals surface area contributed by atoms with E-state index >= 15 is 0 Å². The van der Waals surface area contributed by atoms with Gasteiger partial charge in [-0.2, -0.15) is 0 Å². The Balaban J connectivity index is 1.76. The van der Waals surface area contributed by atoms with E-state index < -0.39 is 0 Å². The van der Waals surface area contributed by atoms with E-state index in [0.29, 0.717) is 11.2 Å². The monoisotopic (exact) mass is 281 g/mol. The van der Waals surface area contributed by atoms with Crippen LogP contribution in [0.3, 0.4) is 0 Å². The van der Waals surface area contributed by atoms with Crippen molar-refractivity contribution >= 4 is 16.9 Å². The van der Waals surface area contributed by atoms with Gasteiger partial charge in [-0.25, -0.2) is 14.4 Å². The van der Waals surface area contributed by atoms with E-state index in [1.54, 1.807) is 36.5 Å². The minimum absolute atomic E-state index is 0.118. The fraction of sp³-hybridized carbons (Fsp3) is 0.0625. The van der Waals surface area contributed by atoms with E-state index in [1.807, 2.05) is 12.1 Å². The summed E-state index contributed by atoms with van der Waals surface area (Å²) in [4.78, 5) is 20.3. The third-order valence-corrected chi connectivity index (χ3v) is 3.09. The van der Waals surface area contributed by atoms with Crippen LogP contribution in [0.2, 0.25) is 0 Å². The van der Waals surface area contributed by atoms with Crippen molar-refractivity contribution in [2.75, 3.05) is 0 Å². The first-order valence-electron chi connectivity index (χ1n) is 6.47. The molecule has 0 saturated heterocycles. The number of hydrogen-bond acceptors (Lipinski definition) is 3. The molecule has 104 valence electrons. The first-order chi connectivity index (χ1) is 10.2. The molecule has 1 aromatic carbocycles. The summed E-state index contributed by atoms with van der Waals surface area (Å²) in [5, 5.41) is 3.52. The van der Waals surface area contributed by atoms with Crippen LogP contribution in [0.4, 0.5) is 4.39 Å². The number of carbonyl (C=O) groups is 1. The number of pyridine rings is 2. The average Bonchev–Trinajstić information content (AvgIpc) is 2.53. The molecule has 21 heavy (non-hydrogen) atoms. The third kappa shape index (κ3) is 2.86. The highest BCUT2D eigenvalue weighted by Crippen LogP contribution is 2.10. The van der Waals surface area contributed by atoms with Gasteiger partial charge in [-0.05, 0) is 30.3 Å². The Hall–Kier alpha value is -2.82. The molecule has 0 fully saturated rings. The molecule has 1 amide bonds. The zero-order chi connectivity index (χ0) is 14.7. The van der Waals surface area contributed by atoms with Gasteiger partial charge >= 0.3 is 0 Å². The minimum atomic E-state index is -0.356. The van der Waals surface area contributed by atoms with Gasteiger partial charge in [0.2, 0.25) is 0 Å². The van der Waals surface area contributed by atoms with Crippen LogP contribution in [0.1, 0.15) is 16.1 Å². The van der Waals surface area contributed by atoms with Crippen LogP contribution in [0.25, 0.3) is 11.0 Å². The number of nitrogens with zero attached hydrogens (tertiary/aromatic N) is 2. The number of benzene rings is 1. The molecule has 0 aliphatic rings. The fourth-order valence-electron chi connectivity index (χ4n) is 1.99. The summed E-state index contributed by atoms with van der Waals surface area (Å²) in [6, 6.07) is 13.4. The van der Waals surface area contributed by atoms with Crippen molar-refractivity contribution < 1.29 is 9.18 Å². The predicted molar refractivity (Wildman–Crippen MR) is 77.1 cm³/mol. The molecule has 1 N–H and O–H groups in total. The predicted octanol–water partition coefficient (Wildman–Crippen LogP) is 2.70. The van der Waals surface area contributed by atoms with Gasteiger partial charge in [0.1, 0.15) is 11.5 Å². The van der Waals surface area contributed by atoms with Gasteiger partial charge in [-0.3, -0.25) is 4.79 Å². The number of amides is 1. The molecule has 0 saturated carbocycles. The van der Waals surface area contributed by atoms with E-state index in [1.165, 1.54) is 6.07 Å². The number of rotatable bonds is 3. The highest BCUT2D eigenvalue weighted by Gasteiger charge is 2.09. The third-order valence-electron chi connectivity index (χ3n) is 3.09. The molecule has 0 atom stereocenters. The number of hydrogen-bond donors (Lipinski definition) is 1. The molecule has 0 aliphatic carbocycles. The molecule has 2 heterocycles. The zero-order valence-electron chi connectivity index (χ0n) is 11.1. The topological polar surface area (TPSA) is 54.9 Å². The molecule has 3 aromatic rings. The highest BCUT2D eigenvalue weighted by atomic mass is 19.1. The van der Waals surface area contributed by atoms with Crippen LogP contribution in [0.5, 0.6) is 0 Å². The lowest BCUT2D eigenvalue weighted by Gasteiger charge is -2.06. The Morgan fingerprint density at radius 3 is 2.81 bits per heavy atom. The Morgan fingerprint density at radius 1 is 1.10 bits per heavy atom. The highest BCUT2D eigenvalue weighted by molar-refractivity contribution is 5.94. The number of fused-ring (bicyclic) bond motifs is 1. The summed E-state index contributed by atoms with van der Waals surface area (Å²) in [5.41, 5.74) is 1.21. The van der Waals surface area contributed by atoms with Gasteiger partial charge in [-0.15, -0.1) is 0 Å². The van der Waals surface area contributed by atoms with Gasteiger partial charge in [0.05, 0.1) is 0 Å². The quantitative estimate of drug-likeness (QED) is 0.803. The van der Waals surface area contributed by atoms with E-state index in [2.05, 4.69) is 15.3 Å². The lowest BCUT2D eigenvalue weighted by molar-refractivity contribution is 0.0946. The summed E-state index contributed by atoms with van der Waals surface area (Å²) in [5.74, 6) is -0.697. The van der Waals surface area contributed by atoms with Crippen LogP contribution in [0.15, 0.2) is 54.7 Å². The Kier molecular flexibility index (Phi) is 3.55. The first-order valence-corrected chi connectivity index (χ1v) is 6.47. The van der Waals surface area contributed by atoms with Crippen molar-refractivity contribution in [3.05, 3.63) is 71.8 Å². The van der Waals surface area contributed by atoms with Crippen LogP contribution >= 0.6 is 0 Å². The molecular formula is C16H12FN3O. The lowest BCUT2D eigenvalue weighted by Crippen LogP contribution is -2.24. The number of carbonyl (C=O) groups excluding carboxylic acids is 1. The number of halogens is 1. The van der Waals surface area contributed by atoms with Gasteiger partial charge in [0.25, 0.3) is 5.91 Å². The number of aromatic nitrogens is 2. The standard InChI is InChI=1S/C16H12FN3O/c17-13-6-2-1-4-12(13)10-19-16(21)14-8-7-11-5-3-9-18-15(11)20-14/h1-9H,10H2,(H,19,21). The molecule has 0 unspecified atom stereocenters. The van der Waals surface area contributed by atoms with E-state index in [9.17, 15) is 9.18 Å². The maximum Gasteiger partial charge on any atom is 0.270 e. The summed E-state index contributed by atoms with van der Waals surface area (Å²) in [7, 11) is 0. The Labute approximate surface area is 120 Å². The van der Waals surface area contributed by atoms with Crippen molar-refractivity contribution in [1.82, 2.24) is 15.3 Å². The molecule has 0 spiro atoms. The van der Waals surface area contributed by atoms with Gasteiger partial charge in [0, 0.05) is 23.7 Å². The normalized spacial score (nSPS) is 10.5. The van der Waals surface area contributed by atoms with Crippen LogP contribution in [0, 0.1) is 5.82 Å². The molecule has 0 radical (unpaired) electrons. The van der Waals surface area contributed by atoms with Crippen molar-refractivity contribution in [3.63, 3.8) is 0 Å². The van der Waals surface area contributed by atoms with Gasteiger partial charge in [-0.1, -0.05) is 18.2 Å². The summed E-state index contributed by atoms with van der Waals surface area (Å²) in [6.45, 7) is 0.118. The molecular weight excluding hydrogens is 269 g/mol. The number of nitrogens with one attached hydrogen (secondary N) is 1. The molecule has 4 nitrogen and oxygen atoms in total. The molecule has 3 rings (SSSR count). The average molecular weight is 281 g/mol. The summed E-state index contributed by atoms with van der Waals surface area (Å²) >= 11 is 0. The van der Waals surface area contributed by atoms with Crippen molar-refractivity contribution in [1.29, 1.82) is 0 Å². The second-order valence-corrected chi connectivity index (χ2v) is 4.52. The molecule has 2 aromatic heterocycles. The summed E-state index contributed by atoms with van der Waals surface area (Å²) < 4.78 is 13.5. The summed E-state index contributed by atoms with van der Waals surface area (Å²) in [6.07, 6.45) is 1.62. The molecule has 0 bridgehead atoms. The first kappa shape index (κ1) is 13.2. The maximum atomic E-state index is 13.5. The van der Waals surface area contributed by atoms with Crippen LogP contribution < -0.4 is 5.32 Å². The van der Waals surface area contributed by atoms with Crippen LogP contribution in [-0.2, 0) is 6.54 Å². The Bertz CT molecular complexity index is 804. The molecule has 5 heteroatoms. The minimum Gasteiger partial charge on any atom is -0.347 e. The van der Waals surface area contributed by atoms with E-state index in [-0.39, 0.29) is 24.0 Å². The van der Waals surface area contributed by atoms with Crippen molar-refractivity contribution in [2.24, 2.45) is 0 Å². The van der Waals surface area contributed by atoms with E-state index in [4.69, 9.17) is 0 Å². The molecule has 0 aliphatic heterocycles. The van der Waals surface area contributed by atoms with Gasteiger partial charge < -0.3 is 5.32 Å². The fourth-order valence-corrected chi connectivity index (χ4v) is 1.99. The smallest absolute Gasteiger partial charge is 0.270 e. The van der Waals surface area contributed by atoms with Gasteiger partial charge in [0.15, 0.2) is 5.65 Å². The van der Waals surface area contributed by atoms with Crippen LogP contribution in [-0.4, -0.2) is 15.9 Å². The second-order valence-electron chi connectivity index (χ2n) is 4.52. The zero-order valence-corrected chi connectivity index (χ0v) is 11.1. The maximum absolute atomic E-state index is 13.5. The SMILES string of the molecule is O=C(NCc1ccccc1F)c1ccc2cccnc2n1. The lowest BCUT2D eigenvalue weighted by atomic mass is 10.2. The van der Waals surface area contributed by atoms with Crippen molar-refractivity contribution in [2.45, 2.75) is 6.54 Å².